The first-order chi connectivity index (χ1) is 11.6. The monoisotopic (exact) mass is 344 g/mol. The maximum Gasteiger partial charge on any atom is 0.361 e. The van der Waals surface area contributed by atoms with Gasteiger partial charge in [-0.05, 0) is 32.0 Å². The third kappa shape index (κ3) is 3.67. The standard InChI is InChI=1S/C16H17N4O3P/c1-3-22-24(21,23-4-2)13-7-15-14(5-6-19-15)16(8-13)20-11-12(9-17)10-18/h5-8,11,19-20H,3-4H2,1-2H3. The summed E-state index contributed by atoms with van der Waals surface area (Å²) in [7, 11) is -3.45. The Hall–Kier alpha value is -2.57. The molecule has 0 saturated carbocycles. The lowest BCUT2D eigenvalue weighted by Gasteiger charge is -2.18. The first kappa shape index (κ1) is 17.8. The highest BCUT2D eigenvalue weighted by Crippen LogP contribution is 2.48. The van der Waals surface area contributed by atoms with Gasteiger partial charge in [-0.2, -0.15) is 10.5 Å². The molecule has 2 rings (SSSR count). The van der Waals surface area contributed by atoms with E-state index in [1.54, 1.807) is 44.3 Å². The van der Waals surface area contributed by atoms with E-state index >= 15 is 0 Å². The van der Waals surface area contributed by atoms with Crippen LogP contribution in [0.15, 0.2) is 36.2 Å². The number of rotatable bonds is 7. The number of fused-ring (bicyclic) bond motifs is 1. The number of nitrogens with zero attached hydrogens (tertiary/aromatic N) is 2. The van der Waals surface area contributed by atoms with Gasteiger partial charge in [0.05, 0.1) is 18.5 Å². The average Bonchev–Trinajstić information content (AvgIpc) is 3.04. The van der Waals surface area contributed by atoms with Crippen molar-refractivity contribution in [3.8, 4) is 12.1 Å². The van der Waals surface area contributed by atoms with Crippen LogP contribution < -0.4 is 10.6 Å². The molecule has 0 saturated heterocycles. The Balaban J connectivity index is 2.54. The Morgan fingerprint density at radius 3 is 2.54 bits per heavy atom. The molecule has 0 unspecified atom stereocenters. The van der Waals surface area contributed by atoms with Crippen LogP contribution in [-0.2, 0) is 13.6 Å². The second-order valence-corrected chi connectivity index (χ2v) is 6.72. The van der Waals surface area contributed by atoms with Crippen molar-refractivity contribution in [3.63, 3.8) is 0 Å². The van der Waals surface area contributed by atoms with Crippen molar-refractivity contribution >= 4 is 29.5 Å². The van der Waals surface area contributed by atoms with Gasteiger partial charge in [-0.3, -0.25) is 4.57 Å². The van der Waals surface area contributed by atoms with E-state index in [2.05, 4.69) is 10.3 Å². The minimum Gasteiger partial charge on any atom is -0.361 e. The van der Waals surface area contributed by atoms with Gasteiger partial charge < -0.3 is 19.3 Å². The summed E-state index contributed by atoms with van der Waals surface area (Å²) in [4.78, 5) is 3.05. The summed E-state index contributed by atoms with van der Waals surface area (Å²) in [5.41, 5.74) is 1.26. The van der Waals surface area contributed by atoms with E-state index < -0.39 is 7.60 Å². The van der Waals surface area contributed by atoms with Crippen LogP contribution in [0.5, 0.6) is 0 Å². The zero-order valence-electron chi connectivity index (χ0n) is 13.4. The molecule has 2 aromatic rings. The fourth-order valence-corrected chi connectivity index (χ4v) is 3.82. The molecule has 0 aliphatic carbocycles. The summed E-state index contributed by atoms with van der Waals surface area (Å²) in [5.74, 6) is 0. The number of nitrogens with one attached hydrogen (secondary N) is 2. The van der Waals surface area contributed by atoms with Crippen molar-refractivity contribution in [2.24, 2.45) is 0 Å². The first-order valence-electron chi connectivity index (χ1n) is 7.35. The van der Waals surface area contributed by atoms with E-state index in [1.807, 2.05) is 6.07 Å². The summed E-state index contributed by atoms with van der Waals surface area (Å²) in [6.07, 6.45) is 3.04. The molecule has 0 aliphatic heterocycles. The number of benzene rings is 1. The number of H-pyrrole nitrogens is 1. The molecule has 0 spiro atoms. The molecule has 124 valence electrons. The SMILES string of the molecule is CCOP(=O)(OCC)c1cc(NC=C(C#N)C#N)c2cc[nH]c2c1. The van der Waals surface area contributed by atoms with Crippen LogP contribution in [0, 0.1) is 22.7 Å². The lowest BCUT2D eigenvalue weighted by Crippen LogP contribution is -2.11. The zero-order chi connectivity index (χ0) is 17.6. The van der Waals surface area contributed by atoms with Crippen LogP contribution in [0.2, 0.25) is 0 Å². The van der Waals surface area contributed by atoms with Crippen molar-refractivity contribution in [3.05, 3.63) is 36.2 Å². The predicted molar refractivity (Wildman–Crippen MR) is 91.7 cm³/mol. The zero-order valence-corrected chi connectivity index (χ0v) is 14.3. The van der Waals surface area contributed by atoms with E-state index in [4.69, 9.17) is 19.6 Å². The Bertz CT molecular complexity index is 863. The third-order valence-electron chi connectivity index (χ3n) is 3.18. The molecule has 0 atom stereocenters. The molecule has 0 radical (unpaired) electrons. The average molecular weight is 344 g/mol. The maximum atomic E-state index is 13.0. The molecule has 0 aliphatic rings. The molecule has 2 N–H and O–H groups in total. The summed E-state index contributed by atoms with van der Waals surface area (Å²) in [5, 5.41) is 21.8. The van der Waals surface area contributed by atoms with Gasteiger partial charge in [-0.15, -0.1) is 0 Å². The Labute approximate surface area is 140 Å². The molecule has 1 aromatic carbocycles. The summed E-state index contributed by atoms with van der Waals surface area (Å²) < 4.78 is 23.7. The van der Waals surface area contributed by atoms with Gasteiger partial charge in [0.2, 0.25) is 0 Å². The van der Waals surface area contributed by atoms with Crippen LogP contribution in [0.3, 0.4) is 0 Å². The Morgan fingerprint density at radius 2 is 1.96 bits per heavy atom. The number of nitriles is 2. The van der Waals surface area contributed by atoms with Crippen LogP contribution in [0.4, 0.5) is 5.69 Å². The van der Waals surface area contributed by atoms with Crippen LogP contribution >= 0.6 is 7.60 Å². The second kappa shape index (κ2) is 7.81. The van der Waals surface area contributed by atoms with E-state index in [1.165, 1.54) is 6.20 Å². The molecule has 0 amide bonds. The molecular weight excluding hydrogens is 327 g/mol. The van der Waals surface area contributed by atoms with E-state index in [0.29, 0.717) is 11.0 Å². The highest BCUT2D eigenvalue weighted by molar-refractivity contribution is 7.62. The molecule has 0 bridgehead atoms. The van der Waals surface area contributed by atoms with Crippen molar-refractivity contribution in [1.29, 1.82) is 10.5 Å². The van der Waals surface area contributed by atoms with Gasteiger partial charge in [-0.25, -0.2) is 0 Å². The topological polar surface area (TPSA) is 111 Å². The van der Waals surface area contributed by atoms with Gasteiger partial charge in [-0.1, -0.05) is 0 Å². The van der Waals surface area contributed by atoms with Crippen molar-refractivity contribution < 1.29 is 13.6 Å². The Kier molecular flexibility index (Phi) is 5.78. The molecule has 1 heterocycles. The summed E-state index contributed by atoms with van der Waals surface area (Å²) >= 11 is 0. The quantitative estimate of drug-likeness (QED) is 0.588. The minimum atomic E-state index is -3.45. The summed E-state index contributed by atoms with van der Waals surface area (Å²) in [6, 6.07) is 8.74. The normalized spacial score (nSPS) is 10.8. The summed E-state index contributed by atoms with van der Waals surface area (Å²) in [6.45, 7) is 3.98. The van der Waals surface area contributed by atoms with Crippen molar-refractivity contribution in [1.82, 2.24) is 4.98 Å². The molecule has 1 aromatic heterocycles. The van der Waals surface area contributed by atoms with Crippen molar-refractivity contribution in [2.45, 2.75) is 13.8 Å². The molecule has 8 heteroatoms. The largest absolute Gasteiger partial charge is 0.361 e. The maximum absolute atomic E-state index is 13.0. The number of aromatic amines is 1. The van der Waals surface area contributed by atoms with E-state index in [9.17, 15) is 4.57 Å². The van der Waals surface area contributed by atoms with Crippen molar-refractivity contribution in [2.75, 3.05) is 18.5 Å². The Morgan fingerprint density at radius 1 is 1.29 bits per heavy atom. The van der Waals surface area contributed by atoms with Crippen LogP contribution in [0.1, 0.15) is 13.8 Å². The van der Waals surface area contributed by atoms with E-state index in [-0.39, 0.29) is 18.8 Å². The van der Waals surface area contributed by atoms with Gasteiger partial charge in [0.1, 0.15) is 17.7 Å². The van der Waals surface area contributed by atoms with Gasteiger partial charge in [0, 0.05) is 29.0 Å². The number of allylic oxidation sites excluding steroid dienone is 1. The highest BCUT2D eigenvalue weighted by Gasteiger charge is 2.28. The second-order valence-electron chi connectivity index (χ2n) is 4.69. The van der Waals surface area contributed by atoms with Gasteiger partial charge in [0.25, 0.3) is 0 Å². The highest BCUT2D eigenvalue weighted by atomic mass is 31.2. The molecule has 7 nitrogen and oxygen atoms in total. The third-order valence-corrected chi connectivity index (χ3v) is 5.27. The van der Waals surface area contributed by atoms with Crippen LogP contribution in [0.25, 0.3) is 10.9 Å². The molecular formula is C16H17N4O3P. The van der Waals surface area contributed by atoms with Crippen LogP contribution in [-0.4, -0.2) is 18.2 Å². The number of hydrogen-bond donors (Lipinski definition) is 2. The lowest BCUT2D eigenvalue weighted by molar-refractivity contribution is 0.230. The smallest absolute Gasteiger partial charge is 0.361 e. The van der Waals surface area contributed by atoms with E-state index in [0.717, 1.165) is 10.9 Å². The number of anilines is 1. The predicted octanol–water partition coefficient (Wildman–Crippen LogP) is 3.40. The fourth-order valence-electron chi connectivity index (χ4n) is 2.20. The van der Waals surface area contributed by atoms with Gasteiger partial charge in [0.15, 0.2) is 0 Å². The minimum absolute atomic E-state index is 0.0677. The fraction of sp³-hybridized carbons (Fsp3) is 0.250. The van der Waals surface area contributed by atoms with Gasteiger partial charge >= 0.3 is 7.60 Å². The molecule has 24 heavy (non-hydrogen) atoms. The first-order valence-corrected chi connectivity index (χ1v) is 8.90. The number of hydrogen-bond acceptors (Lipinski definition) is 6. The number of aromatic nitrogens is 1. The molecule has 0 fully saturated rings. The lowest BCUT2D eigenvalue weighted by atomic mass is 10.2.